The topological polar surface area (TPSA) is 110 Å². The number of nitro groups is 1. The highest BCUT2D eigenvalue weighted by Gasteiger charge is 2.23. The number of carbonyl (C=O) groups excluding carboxylic acids is 1. The Balaban J connectivity index is 2.94. The molecule has 0 unspecified atom stereocenters. The number of aliphatic carboxylic acids is 1. The van der Waals surface area contributed by atoms with Crippen LogP contribution < -0.4 is 5.32 Å². The van der Waals surface area contributed by atoms with Crippen molar-refractivity contribution in [3.63, 3.8) is 0 Å². The standard InChI is InChI=1S/C13H15FN2O5/c1-7(2)12(17)15-10(13(18)19)5-8-3-4-9(14)11(6-8)16(20)21/h3-4,6-7,10H,5H2,1-2H3,(H,15,17)(H,18,19)/t10-/m0/s1. The highest BCUT2D eigenvalue weighted by Crippen LogP contribution is 2.19. The number of halogens is 1. The summed E-state index contributed by atoms with van der Waals surface area (Å²) in [5.74, 6) is -3.11. The molecule has 21 heavy (non-hydrogen) atoms. The molecule has 0 saturated carbocycles. The summed E-state index contributed by atoms with van der Waals surface area (Å²) >= 11 is 0. The Hall–Kier alpha value is -2.51. The zero-order valence-corrected chi connectivity index (χ0v) is 11.5. The maximum absolute atomic E-state index is 13.2. The van der Waals surface area contributed by atoms with Crippen LogP contribution in [0.25, 0.3) is 0 Å². The molecule has 1 aromatic carbocycles. The quantitative estimate of drug-likeness (QED) is 0.611. The first-order valence-corrected chi connectivity index (χ1v) is 6.18. The summed E-state index contributed by atoms with van der Waals surface area (Å²) < 4.78 is 13.2. The molecule has 1 amide bonds. The Morgan fingerprint density at radius 1 is 1.43 bits per heavy atom. The van der Waals surface area contributed by atoms with Gasteiger partial charge >= 0.3 is 11.7 Å². The minimum absolute atomic E-state index is 0.172. The van der Waals surface area contributed by atoms with E-state index in [1.54, 1.807) is 13.8 Å². The molecule has 1 aromatic rings. The van der Waals surface area contributed by atoms with E-state index in [1.165, 1.54) is 6.07 Å². The fraction of sp³-hybridized carbons (Fsp3) is 0.385. The van der Waals surface area contributed by atoms with Gasteiger partial charge in [-0.05, 0) is 11.6 Å². The van der Waals surface area contributed by atoms with E-state index in [2.05, 4.69) is 5.32 Å². The molecule has 0 aromatic heterocycles. The second-order valence-corrected chi connectivity index (χ2v) is 4.80. The molecule has 7 nitrogen and oxygen atoms in total. The van der Waals surface area contributed by atoms with E-state index in [0.29, 0.717) is 0 Å². The molecule has 114 valence electrons. The molecule has 1 atom stereocenters. The van der Waals surface area contributed by atoms with Crippen molar-refractivity contribution in [2.75, 3.05) is 0 Å². The van der Waals surface area contributed by atoms with Crippen molar-refractivity contribution in [3.8, 4) is 0 Å². The Bertz CT molecular complexity index is 574. The van der Waals surface area contributed by atoms with Crippen LogP contribution in [-0.4, -0.2) is 27.9 Å². The van der Waals surface area contributed by atoms with Crippen LogP contribution in [0.4, 0.5) is 10.1 Å². The van der Waals surface area contributed by atoms with E-state index in [0.717, 1.165) is 12.1 Å². The fourth-order valence-electron chi connectivity index (χ4n) is 1.60. The Labute approximate surface area is 119 Å². The predicted octanol–water partition coefficient (Wildman–Crippen LogP) is 1.50. The lowest BCUT2D eigenvalue weighted by Crippen LogP contribution is -2.44. The number of carbonyl (C=O) groups is 2. The predicted molar refractivity (Wildman–Crippen MR) is 71.2 cm³/mol. The average molecular weight is 298 g/mol. The van der Waals surface area contributed by atoms with Crippen molar-refractivity contribution < 1.29 is 24.0 Å². The van der Waals surface area contributed by atoms with Crippen molar-refractivity contribution in [2.45, 2.75) is 26.3 Å². The molecule has 0 aliphatic carbocycles. The highest BCUT2D eigenvalue weighted by atomic mass is 19.1. The zero-order chi connectivity index (χ0) is 16.2. The molecule has 0 saturated heterocycles. The second kappa shape index (κ2) is 6.78. The molecule has 1 rings (SSSR count). The number of nitrogens with one attached hydrogen (secondary N) is 1. The molecule has 0 heterocycles. The van der Waals surface area contributed by atoms with E-state index in [4.69, 9.17) is 5.11 Å². The van der Waals surface area contributed by atoms with Gasteiger partial charge in [0.1, 0.15) is 6.04 Å². The lowest BCUT2D eigenvalue weighted by atomic mass is 10.0. The Kier molecular flexibility index (Phi) is 5.34. The zero-order valence-electron chi connectivity index (χ0n) is 11.5. The molecule has 8 heteroatoms. The van der Waals surface area contributed by atoms with Crippen LogP contribution in [0.2, 0.25) is 0 Å². The summed E-state index contributed by atoms with van der Waals surface area (Å²) in [7, 11) is 0. The van der Waals surface area contributed by atoms with E-state index in [9.17, 15) is 24.1 Å². The molecule has 0 spiro atoms. The van der Waals surface area contributed by atoms with Gasteiger partial charge < -0.3 is 10.4 Å². The minimum atomic E-state index is -1.27. The lowest BCUT2D eigenvalue weighted by molar-refractivity contribution is -0.387. The first kappa shape index (κ1) is 16.5. The van der Waals surface area contributed by atoms with Crippen LogP contribution in [0.1, 0.15) is 19.4 Å². The Morgan fingerprint density at radius 3 is 2.52 bits per heavy atom. The fourth-order valence-corrected chi connectivity index (χ4v) is 1.60. The van der Waals surface area contributed by atoms with Crippen LogP contribution in [0, 0.1) is 21.8 Å². The molecule has 0 aliphatic heterocycles. The molecule has 0 aliphatic rings. The summed E-state index contributed by atoms with van der Waals surface area (Å²) in [5.41, 5.74) is -0.480. The summed E-state index contributed by atoms with van der Waals surface area (Å²) in [4.78, 5) is 32.4. The average Bonchev–Trinajstić information content (AvgIpc) is 2.39. The molecule has 0 radical (unpaired) electrons. The minimum Gasteiger partial charge on any atom is -0.480 e. The van der Waals surface area contributed by atoms with Gasteiger partial charge in [-0.2, -0.15) is 4.39 Å². The summed E-state index contributed by atoms with van der Waals surface area (Å²) in [6, 6.07) is 1.88. The maximum Gasteiger partial charge on any atom is 0.326 e. The van der Waals surface area contributed by atoms with Gasteiger partial charge in [0, 0.05) is 18.4 Å². The Morgan fingerprint density at radius 2 is 2.05 bits per heavy atom. The second-order valence-electron chi connectivity index (χ2n) is 4.80. The van der Waals surface area contributed by atoms with Crippen molar-refractivity contribution in [3.05, 3.63) is 39.7 Å². The number of carboxylic acids is 1. The maximum atomic E-state index is 13.2. The van der Waals surface area contributed by atoms with Gasteiger partial charge in [0.05, 0.1) is 4.92 Å². The van der Waals surface area contributed by atoms with E-state index in [1.807, 2.05) is 0 Å². The number of hydrogen-bond acceptors (Lipinski definition) is 4. The number of rotatable bonds is 6. The summed E-state index contributed by atoms with van der Waals surface area (Å²) in [5, 5.41) is 22.0. The number of carboxylic acid groups (broad SMARTS) is 1. The van der Waals surface area contributed by atoms with Crippen LogP contribution in [0.5, 0.6) is 0 Å². The monoisotopic (exact) mass is 298 g/mol. The molecule has 0 bridgehead atoms. The number of hydrogen-bond donors (Lipinski definition) is 2. The van der Waals surface area contributed by atoms with Crippen LogP contribution in [-0.2, 0) is 16.0 Å². The molecular formula is C13H15FN2O5. The van der Waals surface area contributed by atoms with Gasteiger partial charge in [0.25, 0.3) is 0 Å². The van der Waals surface area contributed by atoms with Crippen molar-refractivity contribution in [1.82, 2.24) is 5.32 Å². The molecule has 0 fully saturated rings. The van der Waals surface area contributed by atoms with Crippen molar-refractivity contribution in [2.24, 2.45) is 5.92 Å². The first-order chi connectivity index (χ1) is 9.72. The van der Waals surface area contributed by atoms with E-state index < -0.39 is 40.3 Å². The number of nitro benzene ring substituents is 1. The molecular weight excluding hydrogens is 283 g/mol. The van der Waals surface area contributed by atoms with Gasteiger partial charge in [-0.15, -0.1) is 0 Å². The smallest absolute Gasteiger partial charge is 0.326 e. The highest BCUT2D eigenvalue weighted by molar-refractivity contribution is 5.84. The van der Waals surface area contributed by atoms with Crippen LogP contribution in [0.15, 0.2) is 18.2 Å². The van der Waals surface area contributed by atoms with Crippen molar-refractivity contribution in [1.29, 1.82) is 0 Å². The SMILES string of the molecule is CC(C)C(=O)N[C@@H](Cc1ccc(F)c([N+](=O)[O-])c1)C(=O)O. The van der Waals surface area contributed by atoms with E-state index >= 15 is 0 Å². The van der Waals surface area contributed by atoms with Crippen LogP contribution >= 0.6 is 0 Å². The molecule has 2 N–H and O–H groups in total. The van der Waals surface area contributed by atoms with Gasteiger partial charge in [-0.3, -0.25) is 14.9 Å². The number of benzene rings is 1. The van der Waals surface area contributed by atoms with Crippen molar-refractivity contribution >= 4 is 17.6 Å². The number of amides is 1. The normalized spacial score (nSPS) is 12.0. The summed E-state index contributed by atoms with van der Waals surface area (Å²) in [6.07, 6.45) is -0.172. The third-order valence-electron chi connectivity index (χ3n) is 2.79. The largest absolute Gasteiger partial charge is 0.480 e. The third-order valence-corrected chi connectivity index (χ3v) is 2.79. The third kappa shape index (κ3) is 4.51. The van der Waals surface area contributed by atoms with Gasteiger partial charge in [0.15, 0.2) is 0 Å². The van der Waals surface area contributed by atoms with E-state index in [-0.39, 0.29) is 12.0 Å². The first-order valence-electron chi connectivity index (χ1n) is 6.18. The van der Waals surface area contributed by atoms with Gasteiger partial charge in [-0.25, -0.2) is 4.79 Å². The lowest BCUT2D eigenvalue weighted by Gasteiger charge is -2.16. The van der Waals surface area contributed by atoms with Gasteiger partial charge in [-0.1, -0.05) is 19.9 Å². The number of nitrogens with zero attached hydrogens (tertiary/aromatic N) is 1. The van der Waals surface area contributed by atoms with Crippen LogP contribution in [0.3, 0.4) is 0 Å². The van der Waals surface area contributed by atoms with Gasteiger partial charge in [0.2, 0.25) is 11.7 Å². The summed E-state index contributed by atoms with van der Waals surface area (Å²) in [6.45, 7) is 3.22.